The lowest BCUT2D eigenvalue weighted by atomic mass is 9.84. The zero-order valence-electron chi connectivity index (χ0n) is 8.34. The van der Waals surface area contributed by atoms with Crippen LogP contribution in [0.2, 0.25) is 0 Å². The van der Waals surface area contributed by atoms with Crippen molar-refractivity contribution in [3.05, 3.63) is 12.2 Å². The van der Waals surface area contributed by atoms with Crippen LogP contribution in [0.25, 0.3) is 0 Å². The molecule has 0 aromatic carbocycles. The monoisotopic (exact) mass is 180 g/mol. The van der Waals surface area contributed by atoms with Crippen LogP contribution in [0, 0.1) is 5.92 Å². The van der Waals surface area contributed by atoms with Crippen LogP contribution in [0.3, 0.4) is 0 Å². The molecular formula is C12H20O. The zero-order chi connectivity index (χ0) is 9.15. The van der Waals surface area contributed by atoms with Gasteiger partial charge in [-0.15, -0.1) is 0 Å². The first-order chi connectivity index (χ1) is 6.31. The second kappa shape index (κ2) is 3.83. The molecule has 0 radical (unpaired) electrons. The van der Waals surface area contributed by atoms with Crippen LogP contribution >= 0.6 is 0 Å². The van der Waals surface area contributed by atoms with Crippen molar-refractivity contribution in [1.82, 2.24) is 0 Å². The van der Waals surface area contributed by atoms with Crippen LogP contribution in [0.5, 0.6) is 0 Å². The van der Waals surface area contributed by atoms with Crippen molar-refractivity contribution in [1.29, 1.82) is 0 Å². The highest BCUT2D eigenvalue weighted by molar-refractivity contribution is 4.96. The van der Waals surface area contributed by atoms with E-state index in [-0.39, 0.29) is 5.60 Å². The molecule has 1 N–H and O–H groups in total. The van der Waals surface area contributed by atoms with Crippen molar-refractivity contribution in [3.8, 4) is 0 Å². The quantitative estimate of drug-likeness (QED) is 0.568. The number of hydrogen-bond donors (Lipinski definition) is 1. The third-order valence-electron chi connectivity index (χ3n) is 3.76. The number of hydrogen-bond acceptors (Lipinski definition) is 1. The Balaban J connectivity index is 2.05. The minimum absolute atomic E-state index is 0.297. The van der Waals surface area contributed by atoms with Crippen LogP contribution in [0.15, 0.2) is 12.2 Å². The Hall–Kier alpha value is -0.300. The summed E-state index contributed by atoms with van der Waals surface area (Å²) in [6, 6.07) is 0. The first-order valence-electron chi connectivity index (χ1n) is 5.69. The van der Waals surface area contributed by atoms with Crippen molar-refractivity contribution < 1.29 is 5.11 Å². The van der Waals surface area contributed by atoms with Gasteiger partial charge in [-0.2, -0.15) is 0 Å². The molecule has 0 aromatic heterocycles. The van der Waals surface area contributed by atoms with E-state index < -0.39 is 0 Å². The zero-order valence-corrected chi connectivity index (χ0v) is 8.34. The Labute approximate surface area is 80.8 Å². The number of rotatable bonds is 0. The second-order valence-corrected chi connectivity index (χ2v) is 4.63. The highest BCUT2D eigenvalue weighted by Gasteiger charge is 2.39. The maximum Gasteiger partial charge on any atom is 0.0678 e. The molecule has 2 aliphatic rings. The number of aliphatic hydroxyl groups is 1. The number of fused-ring (bicyclic) bond motifs is 1. The van der Waals surface area contributed by atoms with E-state index in [2.05, 4.69) is 12.2 Å². The topological polar surface area (TPSA) is 20.2 Å². The van der Waals surface area contributed by atoms with Gasteiger partial charge in [0.05, 0.1) is 5.60 Å². The first kappa shape index (κ1) is 9.26. The summed E-state index contributed by atoms with van der Waals surface area (Å²) in [5.74, 6) is 0.604. The van der Waals surface area contributed by atoms with Gasteiger partial charge in [0.2, 0.25) is 0 Å². The molecule has 1 heteroatoms. The summed E-state index contributed by atoms with van der Waals surface area (Å²) >= 11 is 0. The molecule has 74 valence electrons. The van der Waals surface area contributed by atoms with Crippen LogP contribution in [-0.2, 0) is 0 Å². The van der Waals surface area contributed by atoms with Crippen LogP contribution in [0.4, 0.5) is 0 Å². The van der Waals surface area contributed by atoms with Gasteiger partial charge in [0.25, 0.3) is 0 Å². The summed E-state index contributed by atoms with van der Waals surface area (Å²) in [5.41, 5.74) is -0.297. The molecule has 1 fully saturated rings. The predicted molar refractivity (Wildman–Crippen MR) is 54.5 cm³/mol. The standard InChI is InChI=1S/C12H20O/c13-12-9-5-3-1-2-4-7-11(12)8-6-10-12/h1,3,11,13H,2,4-10H2/b3-1-/t11-,12-/m1/s1. The van der Waals surface area contributed by atoms with Crippen molar-refractivity contribution >= 4 is 0 Å². The molecule has 0 aromatic rings. The molecule has 0 bridgehead atoms. The molecule has 2 atom stereocenters. The minimum Gasteiger partial charge on any atom is -0.390 e. The van der Waals surface area contributed by atoms with Crippen molar-refractivity contribution in [2.24, 2.45) is 5.92 Å². The highest BCUT2D eigenvalue weighted by Crippen LogP contribution is 2.42. The van der Waals surface area contributed by atoms with Crippen molar-refractivity contribution in [2.45, 2.75) is 57.0 Å². The third-order valence-corrected chi connectivity index (χ3v) is 3.76. The molecule has 1 saturated carbocycles. The summed E-state index contributed by atoms with van der Waals surface area (Å²) in [6.45, 7) is 0. The van der Waals surface area contributed by atoms with E-state index in [1.165, 1.54) is 32.1 Å². The Morgan fingerprint density at radius 2 is 1.77 bits per heavy atom. The van der Waals surface area contributed by atoms with E-state index in [0.29, 0.717) is 5.92 Å². The predicted octanol–water partition coefficient (Wildman–Crippen LogP) is 3.04. The van der Waals surface area contributed by atoms with Gasteiger partial charge >= 0.3 is 0 Å². The summed E-state index contributed by atoms with van der Waals surface area (Å²) in [4.78, 5) is 0. The van der Waals surface area contributed by atoms with E-state index in [9.17, 15) is 5.11 Å². The summed E-state index contributed by atoms with van der Waals surface area (Å²) < 4.78 is 0. The maximum atomic E-state index is 10.4. The van der Waals surface area contributed by atoms with E-state index in [0.717, 1.165) is 19.3 Å². The molecule has 0 saturated heterocycles. The molecule has 0 unspecified atom stereocenters. The highest BCUT2D eigenvalue weighted by atomic mass is 16.3. The average Bonchev–Trinajstić information content (AvgIpc) is 2.47. The Bertz CT molecular complexity index is 197. The fourth-order valence-electron chi connectivity index (χ4n) is 2.92. The van der Waals surface area contributed by atoms with Gasteiger partial charge in [-0.25, -0.2) is 0 Å². The first-order valence-corrected chi connectivity index (χ1v) is 5.69. The van der Waals surface area contributed by atoms with Gasteiger partial charge in [-0.05, 0) is 50.9 Å². The molecular weight excluding hydrogens is 160 g/mol. The number of allylic oxidation sites excluding steroid dienone is 2. The van der Waals surface area contributed by atoms with Gasteiger partial charge in [-0.3, -0.25) is 0 Å². The fraction of sp³-hybridized carbons (Fsp3) is 0.833. The molecule has 1 nitrogen and oxygen atoms in total. The summed E-state index contributed by atoms with van der Waals surface area (Å²) in [6.07, 6.45) is 13.9. The lowest BCUT2D eigenvalue weighted by Gasteiger charge is -2.29. The van der Waals surface area contributed by atoms with Gasteiger partial charge in [-0.1, -0.05) is 18.6 Å². The van der Waals surface area contributed by atoms with E-state index in [1.807, 2.05) is 0 Å². The summed E-state index contributed by atoms with van der Waals surface area (Å²) in [7, 11) is 0. The SMILES string of the molecule is O[C@@]12CC/C=C\CCC[C@@H]1CCC2. The molecule has 0 spiro atoms. The smallest absolute Gasteiger partial charge is 0.0678 e. The van der Waals surface area contributed by atoms with E-state index >= 15 is 0 Å². The van der Waals surface area contributed by atoms with Crippen LogP contribution in [-0.4, -0.2) is 10.7 Å². The molecule has 13 heavy (non-hydrogen) atoms. The Morgan fingerprint density at radius 3 is 2.69 bits per heavy atom. The average molecular weight is 180 g/mol. The third kappa shape index (κ3) is 1.96. The minimum atomic E-state index is -0.297. The van der Waals surface area contributed by atoms with E-state index in [4.69, 9.17) is 0 Å². The van der Waals surface area contributed by atoms with E-state index in [1.54, 1.807) is 0 Å². The Morgan fingerprint density at radius 1 is 1.00 bits per heavy atom. The normalized spacial score (nSPS) is 43.0. The second-order valence-electron chi connectivity index (χ2n) is 4.63. The van der Waals surface area contributed by atoms with Gasteiger partial charge in [0.15, 0.2) is 0 Å². The maximum absolute atomic E-state index is 10.4. The summed E-state index contributed by atoms with van der Waals surface area (Å²) in [5, 5.41) is 10.4. The molecule has 0 aliphatic heterocycles. The molecule has 0 heterocycles. The van der Waals surface area contributed by atoms with Crippen LogP contribution in [0.1, 0.15) is 51.4 Å². The van der Waals surface area contributed by atoms with Crippen LogP contribution < -0.4 is 0 Å². The fourth-order valence-corrected chi connectivity index (χ4v) is 2.92. The Kier molecular flexibility index (Phi) is 2.73. The molecule has 0 amide bonds. The molecule has 2 aliphatic carbocycles. The van der Waals surface area contributed by atoms with Crippen molar-refractivity contribution in [3.63, 3.8) is 0 Å². The lowest BCUT2D eigenvalue weighted by Crippen LogP contribution is -2.32. The van der Waals surface area contributed by atoms with Gasteiger partial charge in [0, 0.05) is 0 Å². The van der Waals surface area contributed by atoms with Gasteiger partial charge < -0.3 is 5.11 Å². The largest absolute Gasteiger partial charge is 0.390 e. The van der Waals surface area contributed by atoms with Crippen molar-refractivity contribution in [2.75, 3.05) is 0 Å². The lowest BCUT2D eigenvalue weighted by molar-refractivity contribution is -0.00774. The van der Waals surface area contributed by atoms with Gasteiger partial charge in [0.1, 0.15) is 0 Å². The molecule has 2 rings (SSSR count).